The first kappa shape index (κ1) is 18.7. The Morgan fingerprint density at radius 3 is 2.55 bits per heavy atom. The zero-order valence-electron chi connectivity index (χ0n) is 16.4. The van der Waals surface area contributed by atoms with Crippen LogP contribution < -0.4 is 16.0 Å². The van der Waals surface area contributed by atoms with Crippen LogP contribution in [0, 0.1) is 0 Å². The summed E-state index contributed by atoms with van der Waals surface area (Å²) in [5.74, 6) is 0.475. The molecule has 0 radical (unpaired) electrons. The molecule has 0 aliphatic carbocycles. The molecular formula is C22H22N4O3. The highest BCUT2D eigenvalue weighted by Gasteiger charge is 2.16. The molecule has 0 aliphatic rings. The largest absolute Gasteiger partial charge is 0.495 e. The number of imidazole rings is 1. The van der Waals surface area contributed by atoms with Crippen LogP contribution in [0.15, 0.2) is 70.6 Å². The van der Waals surface area contributed by atoms with Crippen LogP contribution in [-0.2, 0) is 20.0 Å². The van der Waals surface area contributed by atoms with Gasteiger partial charge in [0.25, 0.3) is 5.56 Å². The zero-order valence-corrected chi connectivity index (χ0v) is 16.4. The molecule has 0 N–H and O–H groups in total. The number of methoxy groups -OCH3 is 1. The molecule has 7 heteroatoms. The van der Waals surface area contributed by atoms with Crippen molar-refractivity contribution in [3.05, 3.63) is 87.6 Å². The van der Waals surface area contributed by atoms with Gasteiger partial charge in [0.2, 0.25) is 0 Å². The highest BCUT2D eigenvalue weighted by Crippen LogP contribution is 2.20. The molecule has 2 aromatic heterocycles. The number of aryl methyl sites for hydroxylation is 3. The van der Waals surface area contributed by atoms with Gasteiger partial charge in [-0.3, -0.25) is 9.36 Å². The SMILES string of the molecule is COc1ccccc1-n1c(=O)c2ccccc2n(CCCc2cncn2C)c1=O. The monoisotopic (exact) mass is 390 g/mol. The molecule has 0 spiro atoms. The lowest BCUT2D eigenvalue weighted by Crippen LogP contribution is -2.39. The van der Waals surface area contributed by atoms with Gasteiger partial charge < -0.3 is 9.30 Å². The number of fused-ring (bicyclic) bond motifs is 1. The number of rotatable bonds is 6. The van der Waals surface area contributed by atoms with Gasteiger partial charge in [-0.2, -0.15) is 0 Å². The summed E-state index contributed by atoms with van der Waals surface area (Å²) < 4.78 is 10.2. The van der Waals surface area contributed by atoms with Gasteiger partial charge >= 0.3 is 5.69 Å². The van der Waals surface area contributed by atoms with Crippen molar-refractivity contribution in [2.45, 2.75) is 19.4 Å². The van der Waals surface area contributed by atoms with Crippen LogP contribution in [0.1, 0.15) is 12.1 Å². The van der Waals surface area contributed by atoms with E-state index in [4.69, 9.17) is 4.74 Å². The molecule has 2 heterocycles. The lowest BCUT2D eigenvalue weighted by molar-refractivity contribution is 0.411. The summed E-state index contributed by atoms with van der Waals surface area (Å²) >= 11 is 0. The van der Waals surface area contributed by atoms with E-state index in [1.807, 2.05) is 29.9 Å². The second kappa shape index (κ2) is 7.79. The van der Waals surface area contributed by atoms with Crippen molar-refractivity contribution in [3.63, 3.8) is 0 Å². The van der Waals surface area contributed by atoms with Gasteiger partial charge in [0, 0.05) is 25.5 Å². The number of hydrogen-bond acceptors (Lipinski definition) is 4. The van der Waals surface area contributed by atoms with Crippen LogP contribution in [0.5, 0.6) is 5.75 Å². The lowest BCUT2D eigenvalue weighted by atomic mass is 10.2. The molecule has 0 amide bonds. The van der Waals surface area contributed by atoms with Crippen LogP contribution in [0.2, 0.25) is 0 Å². The lowest BCUT2D eigenvalue weighted by Gasteiger charge is -2.15. The van der Waals surface area contributed by atoms with Crippen LogP contribution in [0.3, 0.4) is 0 Å². The normalized spacial score (nSPS) is 11.1. The topological polar surface area (TPSA) is 71.0 Å². The molecule has 4 aromatic rings. The molecule has 29 heavy (non-hydrogen) atoms. The molecule has 0 atom stereocenters. The van der Waals surface area contributed by atoms with Crippen molar-refractivity contribution in [1.82, 2.24) is 18.7 Å². The fourth-order valence-corrected chi connectivity index (χ4v) is 3.61. The van der Waals surface area contributed by atoms with Crippen molar-refractivity contribution >= 4 is 10.9 Å². The van der Waals surface area contributed by atoms with E-state index < -0.39 is 0 Å². The molecule has 0 aliphatic heterocycles. The van der Waals surface area contributed by atoms with Crippen molar-refractivity contribution in [2.24, 2.45) is 7.05 Å². The Balaban J connectivity index is 1.84. The van der Waals surface area contributed by atoms with E-state index >= 15 is 0 Å². The summed E-state index contributed by atoms with van der Waals surface area (Å²) in [6, 6.07) is 14.3. The van der Waals surface area contributed by atoms with E-state index in [1.165, 1.54) is 11.7 Å². The molecule has 0 saturated heterocycles. The van der Waals surface area contributed by atoms with Gasteiger partial charge in [-0.05, 0) is 37.1 Å². The fraction of sp³-hybridized carbons (Fsp3) is 0.227. The summed E-state index contributed by atoms with van der Waals surface area (Å²) in [6.07, 6.45) is 5.12. The predicted molar refractivity (Wildman–Crippen MR) is 112 cm³/mol. The summed E-state index contributed by atoms with van der Waals surface area (Å²) in [6.45, 7) is 0.486. The Morgan fingerprint density at radius 1 is 1.03 bits per heavy atom. The molecule has 148 valence electrons. The Labute approximate surface area is 167 Å². The van der Waals surface area contributed by atoms with Gasteiger partial charge in [0.15, 0.2) is 0 Å². The van der Waals surface area contributed by atoms with E-state index in [0.29, 0.717) is 28.9 Å². The van der Waals surface area contributed by atoms with Crippen LogP contribution in [-0.4, -0.2) is 25.8 Å². The van der Waals surface area contributed by atoms with E-state index in [-0.39, 0.29) is 11.2 Å². The summed E-state index contributed by atoms with van der Waals surface area (Å²) in [7, 11) is 3.48. The summed E-state index contributed by atoms with van der Waals surface area (Å²) in [5.41, 5.74) is 1.45. The number of hydrogen-bond donors (Lipinski definition) is 0. The maximum atomic E-state index is 13.4. The van der Waals surface area contributed by atoms with Gasteiger partial charge in [-0.1, -0.05) is 24.3 Å². The van der Waals surface area contributed by atoms with Gasteiger partial charge in [-0.25, -0.2) is 14.3 Å². The average molecular weight is 390 g/mol. The molecule has 7 nitrogen and oxygen atoms in total. The Bertz CT molecular complexity index is 1280. The first-order valence-corrected chi connectivity index (χ1v) is 9.45. The summed E-state index contributed by atoms with van der Waals surface area (Å²) in [4.78, 5) is 30.7. The first-order valence-electron chi connectivity index (χ1n) is 9.45. The number of para-hydroxylation sites is 3. The van der Waals surface area contributed by atoms with Gasteiger partial charge in [0.05, 0.1) is 30.0 Å². The Morgan fingerprint density at radius 2 is 1.79 bits per heavy atom. The van der Waals surface area contributed by atoms with Crippen LogP contribution in [0.4, 0.5) is 0 Å². The second-order valence-electron chi connectivity index (χ2n) is 6.86. The molecule has 0 bridgehead atoms. The maximum Gasteiger partial charge on any atom is 0.336 e. The highest BCUT2D eigenvalue weighted by atomic mass is 16.5. The summed E-state index contributed by atoms with van der Waals surface area (Å²) in [5, 5.41) is 0.499. The third-order valence-electron chi connectivity index (χ3n) is 5.11. The number of aromatic nitrogens is 4. The van der Waals surface area contributed by atoms with Gasteiger partial charge in [-0.15, -0.1) is 0 Å². The average Bonchev–Trinajstić information content (AvgIpc) is 3.15. The molecule has 4 rings (SSSR count). The molecule has 0 saturated carbocycles. The number of benzene rings is 2. The minimum atomic E-state index is -0.372. The van der Waals surface area contributed by atoms with E-state index in [9.17, 15) is 9.59 Å². The number of ether oxygens (including phenoxy) is 1. The van der Waals surface area contributed by atoms with E-state index in [2.05, 4.69) is 4.98 Å². The predicted octanol–water partition coefficient (Wildman–Crippen LogP) is 2.53. The molecule has 0 fully saturated rings. The molecule has 0 unspecified atom stereocenters. The first-order chi connectivity index (χ1) is 14.1. The number of nitrogens with zero attached hydrogens (tertiary/aromatic N) is 4. The van der Waals surface area contributed by atoms with Crippen molar-refractivity contribution < 1.29 is 4.74 Å². The fourth-order valence-electron chi connectivity index (χ4n) is 3.61. The quantitative estimate of drug-likeness (QED) is 0.507. The minimum Gasteiger partial charge on any atom is -0.495 e. The van der Waals surface area contributed by atoms with Crippen molar-refractivity contribution in [3.8, 4) is 11.4 Å². The zero-order chi connectivity index (χ0) is 20.4. The maximum absolute atomic E-state index is 13.4. The van der Waals surface area contributed by atoms with Crippen LogP contribution >= 0.6 is 0 Å². The third-order valence-corrected chi connectivity index (χ3v) is 5.11. The second-order valence-corrected chi connectivity index (χ2v) is 6.86. The Hall–Kier alpha value is -3.61. The van der Waals surface area contributed by atoms with Gasteiger partial charge in [0.1, 0.15) is 5.75 Å². The van der Waals surface area contributed by atoms with Crippen molar-refractivity contribution in [2.75, 3.05) is 7.11 Å². The van der Waals surface area contributed by atoms with E-state index in [0.717, 1.165) is 18.5 Å². The van der Waals surface area contributed by atoms with Crippen LogP contribution in [0.25, 0.3) is 16.6 Å². The minimum absolute atomic E-state index is 0.349. The smallest absolute Gasteiger partial charge is 0.336 e. The molecule has 2 aromatic carbocycles. The van der Waals surface area contributed by atoms with Crippen molar-refractivity contribution in [1.29, 1.82) is 0 Å². The Kier molecular flexibility index (Phi) is 5.03. The third kappa shape index (κ3) is 3.35. The van der Waals surface area contributed by atoms with E-state index in [1.54, 1.807) is 47.3 Å². The molecular weight excluding hydrogens is 368 g/mol. The highest BCUT2D eigenvalue weighted by molar-refractivity contribution is 5.78. The standard InChI is InChI=1S/C22H22N4O3/c1-24-15-23-14-16(24)8-7-13-25-18-10-4-3-9-17(18)21(27)26(22(25)28)19-11-5-6-12-20(19)29-2/h3-6,9-12,14-15H,7-8,13H2,1-2H3.